The Balaban J connectivity index is 1.26. The van der Waals surface area contributed by atoms with Crippen LogP contribution in [0.1, 0.15) is 38.0 Å². The van der Waals surface area contributed by atoms with Gasteiger partial charge in [0.15, 0.2) is 23.3 Å². The second-order valence-electron chi connectivity index (χ2n) is 8.62. The standard InChI is InChI=1S/C21H30N6O3/c1-21(2,3)19-24-18(25-30-19)12-23-20(22-4)27-9-7-26(8-10-27)13-15-5-6-16-17(11-15)29-14-28-16/h5-6,11H,7-10,12-14H2,1-4H3,(H,22,23). The van der Waals surface area contributed by atoms with Gasteiger partial charge in [0.25, 0.3) is 0 Å². The number of ether oxygens (including phenoxy) is 2. The Morgan fingerprint density at radius 2 is 1.90 bits per heavy atom. The predicted molar refractivity (Wildman–Crippen MR) is 113 cm³/mol. The number of benzene rings is 1. The van der Waals surface area contributed by atoms with Gasteiger partial charge in [-0.3, -0.25) is 9.89 Å². The highest BCUT2D eigenvalue weighted by atomic mass is 16.7. The molecule has 1 saturated heterocycles. The molecule has 1 aromatic carbocycles. The molecule has 1 N–H and O–H groups in total. The summed E-state index contributed by atoms with van der Waals surface area (Å²) >= 11 is 0. The molecule has 2 aromatic rings. The van der Waals surface area contributed by atoms with Crippen molar-refractivity contribution in [3.63, 3.8) is 0 Å². The summed E-state index contributed by atoms with van der Waals surface area (Å²) in [6.45, 7) is 11.6. The predicted octanol–water partition coefficient (Wildman–Crippen LogP) is 1.99. The third-order valence-corrected chi connectivity index (χ3v) is 5.24. The molecule has 0 spiro atoms. The van der Waals surface area contributed by atoms with Crippen LogP contribution in [0.4, 0.5) is 0 Å². The van der Waals surface area contributed by atoms with E-state index in [0.29, 0.717) is 25.1 Å². The summed E-state index contributed by atoms with van der Waals surface area (Å²) in [4.78, 5) is 13.6. The summed E-state index contributed by atoms with van der Waals surface area (Å²) in [5.41, 5.74) is 1.09. The molecule has 0 radical (unpaired) electrons. The summed E-state index contributed by atoms with van der Waals surface area (Å²) in [7, 11) is 1.80. The number of nitrogens with zero attached hydrogens (tertiary/aromatic N) is 5. The van der Waals surface area contributed by atoms with Gasteiger partial charge in [-0.25, -0.2) is 0 Å². The van der Waals surface area contributed by atoms with Crippen LogP contribution in [0.25, 0.3) is 0 Å². The zero-order chi connectivity index (χ0) is 21.1. The molecule has 162 valence electrons. The van der Waals surface area contributed by atoms with Crippen molar-refractivity contribution >= 4 is 5.96 Å². The average molecular weight is 415 g/mol. The van der Waals surface area contributed by atoms with Gasteiger partial charge in [-0.05, 0) is 17.7 Å². The maximum atomic E-state index is 5.48. The van der Waals surface area contributed by atoms with Crippen LogP contribution < -0.4 is 14.8 Å². The average Bonchev–Trinajstić information content (AvgIpc) is 3.38. The number of piperazine rings is 1. The van der Waals surface area contributed by atoms with Crippen LogP contribution in [-0.4, -0.2) is 65.9 Å². The third kappa shape index (κ3) is 4.67. The number of nitrogens with one attached hydrogen (secondary N) is 1. The van der Waals surface area contributed by atoms with Crippen LogP contribution in [0.5, 0.6) is 11.5 Å². The molecule has 0 saturated carbocycles. The van der Waals surface area contributed by atoms with Gasteiger partial charge in [-0.1, -0.05) is 32.0 Å². The maximum Gasteiger partial charge on any atom is 0.232 e. The highest BCUT2D eigenvalue weighted by Gasteiger charge is 2.23. The fraction of sp³-hybridized carbons (Fsp3) is 0.571. The molecule has 1 aromatic heterocycles. The van der Waals surface area contributed by atoms with Gasteiger partial charge in [0.1, 0.15) is 0 Å². The fourth-order valence-corrected chi connectivity index (χ4v) is 3.54. The van der Waals surface area contributed by atoms with E-state index in [2.05, 4.69) is 63.2 Å². The normalized spacial score (nSPS) is 17.5. The van der Waals surface area contributed by atoms with E-state index in [4.69, 9.17) is 14.0 Å². The summed E-state index contributed by atoms with van der Waals surface area (Å²) in [6, 6.07) is 6.17. The van der Waals surface area contributed by atoms with Crippen LogP contribution in [0.2, 0.25) is 0 Å². The van der Waals surface area contributed by atoms with Crippen molar-refractivity contribution in [2.75, 3.05) is 40.0 Å². The van der Waals surface area contributed by atoms with Gasteiger partial charge < -0.3 is 24.2 Å². The van der Waals surface area contributed by atoms with E-state index in [1.165, 1.54) is 5.56 Å². The van der Waals surface area contributed by atoms with E-state index in [1.807, 2.05) is 6.07 Å². The molecular weight excluding hydrogens is 384 g/mol. The first-order valence-electron chi connectivity index (χ1n) is 10.3. The Morgan fingerprint density at radius 3 is 2.60 bits per heavy atom. The molecule has 3 heterocycles. The Morgan fingerprint density at radius 1 is 1.13 bits per heavy atom. The first kappa shape index (κ1) is 20.5. The van der Waals surface area contributed by atoms with Gasteiger partial charge in [0.2, 0.25) is 12.7 Å². The van der Waals surface area contributed by atoms with Crippen molar-refractivity contribution in [3.8, 4) is 11.5 Å². The molecule has 9 nitrogen and oxygen atoms in total. The van der Waals surface area contributed by atoms with Crippen molar-refractivity contribution in [3.05, 3.63) is 35.5 Å². The van der Waals surface area contributed by atoms with Crippen molar-refractivity contribution in [2.45, 2.75) is 39.3 Å². The van der Waals surface area contributed by atoms with E-state index >= 15 is 0 Å². The molecule has 4 rings (SSSR count). The monoisotopic (exact) mass is 414 g/mol. The quantitative estimate of drug-likeness (QED) is 0.600. The Kier molecular flexibility index (Phi) is 5.80. The minimum absolute atomic E-state index is 0.152. The number of rotatable bonds is 4. The lowest BCUT2D eigenvalue weighted by atomic mass is 9.97. The van der Waals surface area contributed by atoms with E-state index in [9.17, 15) is 0 Å². The lowest BCUT2D eigenvalue weighted by Crippen LogP contribution is -2.52. The number of aromatic nitrogens is 2. The molecule has 0 aliphatic carbocycles. The van der Waals surface area contributed by atoms with Crippen molar-refractivity contribution < 1.29 is 14.0 Å². The first-order valence-corrected chi connectivity index (χ1v) is 10.3. The Hall–Kier alpha value is -2.81. The summed E-state index contributed by atoms with van der Waals surface area (Å²) in [5, 5.41) is 7.42. The number of fused-ring (bicyclic) bond motifs is 1. The lowest BCUT2D eigenvalue weighted by Gasteiger charge is -2.36. The zero-order valence-corrected chi connectivity index (χ0v) is 18.1. The Bertz CT molecular complexity index is 896. The van der Waals surface area contributed by atoms with Crippen LogP contribution in [0.3, 0.4) is 0 Å². The second-order valence-corrected chi connectivity index (χ2v) is 8.62. The third-order valence-electron chi connectivity index (χ3n) is 5.24. The smallest absolute Gasteiger partial charge is 0.232 e. The highest BCUT2D eigenvalue weighted by Crippen LogP contribution is 2.32. The van der Waals surface area contributed by atoms with Crippen molar-refractivity contribution in [2.24, 2.45) is 4.99 Å². The number of aliphatic imine (C=N–C) groups is 1. The molecule has 0 bridgehead atoms. The number of guanidine groups is 1. The van der Waals surface area contributed by atoms with Crippen molar-refractivity contribution in [1.82, 2.24) is 25.3 Å². The van der Waals surface area contributed by atoms with Gasteiger partial charge in [-0.15, -0.1) is 0 Å². The molecule has 9 heteroatoms. The Labute approximate surface area is 177 Å². The summed E-state index contributed by atoms with van der Waals surface area (Å²) < 4.78 is 16.2. The fourth-order valence-electron chi connectivity index (χ4n) is 3.54. The van der Waals surface area contributed by atoms with Gasteiger partial charge in [-0.2, -0.15) is 4.98 Å². The minimum atomic E-state index is -0.152. The number of hydrogen-bond acceptors (Lipinski definition) is 7. The van der Waals surface area contributed by atoms with E-state index < -0.39 is 0 Å². The summed E-state index contributed by atoms with van der Waals surface area (Å²) in [5.74, 6) is 3.82. The molecule has 2 aliphatic rings. The maximum absolute atomic E-state index is 5.48. The lowest BCUT2D eigenvalue weighted by molar-refractivity contribution is 0.171. The van der Waals surface area contributed by atoms with E-state index in [-0.39, 0.29) is 5.41 Å². The molecule has 0 atom stereocenters. The van der Waals surface area contributed by atoms with Crippen LogP contribution in [0, 0.1) is 0 Å². The highest BCUT2D eigenvalue weighted by molar-refractivity contribution is 5.79. The summed E-state index contributed by atoms with van der Waals surface area (Å²) in [6.07, 6.45) is 0. The minimum Gasteiger partial charge on any atom is -0.454 e. The van der Waals surface area contributed by atoms with E-state index in [1.54, 1.807) is 7.05 Å². The molecule has 0 unspecified atom stereocenters. The SMILES string of the molecule is CN=C(NCc1noc(C(C)(C)C)n1)N1CCN(Cc2ccc3c(c2)OCO3)CC1. The number of hydrogen-bond donors (Lipinski definition) is 1. The molecular formula is C21H30N6O3. The largest absolute Gasteiger partial charge is 0.454 e. The second kappa shape index (κ2) is 8.51. The van der Waals surface area contributed by atoms with Gasteiger partial charge in [0.05, 0.1) is 6.54 Å². The molecule has 0 amide bonds. The first-order chi connectivity index (χ1) is 14.4. The zero-order valence-electron chi connectivity index (χ0n) is 18.1. The molecule has 1 fully saturated rings. The molecule has 2 aliphatic heterocycles. The van der Waals surface area contributed by atoms with Gasteiger partial charge >= 0.3 is 0 Å². The van der Waals surface area contributed by atoms with E-state index in [0.717, 1.165) is 50.2 Å². The topological polar surface area (TPSA) is 88.2 Å². The van der Waals surface area contributed by atoms with Crippen molar-refractivity contribution in [1.29, 1.82) is 0 Å². The molecule has 30 heavy (non-hydrogen) atoms. The van der Waals surface area contributed by atoms with Gasteiger partial charge in [0, 0.05) is 45.2 Å². The van der Waals surface area contributed by atoms with Crippen LogP contribution in [0.15, 0.2) is 27.7 Å². The van der Waals surface area contributed by atoms with Crippen LogP contribution in [-0.2, 0) is 18.5 Å². The van der Waals surface area contributed by atoms with Crippen LogP contribution >= 0.6 is 0 Å².